The Hall–Kier alpha value is 0.500. The third kappa shape index (κ3) is 9.07. The molecule has 0 fully saturated rings. The number of thioether (sulfide) groups is 1. The van der Waals surface area contributed by atoms with Gasteiger partial charge in [0.25, 0.3) is 0 Å². The van der Waals surface area contributed by atoms with E-state index in [1.54, 1.807) is 0 Å². The summed E-state index contributed by atoms with van der Waals surface area (Å²) in [5.41, 5.74) is 0. The highest BCUT2D eigenvalue weighted by atomic mass is 32.2. The SMILES string of the molecule is CC(C)CSC(C)CS(=O)CC(C)C. The summed E-state index contributed by atoms with van der Waals surface area (Å²) in [4.78, 5) is 0. The van der Waals surface area contributed by atoms with Crippen molar-refractivity contribution in [3.63, 3.8) is 0 Å². The monoisotopic (exact) mass is 236 g/mol. The highest BCUT2D eigenvalue weighted by molar-refractivity contribution is 8.00. The molecule has 14 heavy (non-hydrogen) atoms. The lowest BCUT2D eigenvalue weighted by Crippen LogP contribution is -2.16. The van der Waals surface area contributed by atoms with Crippen LogP contribution in [-0.4, -0.2) is 26.7 Å². The molecular formula is C11H24OS2. The molecular weight excluding hydrogens is 212 g/mol. The summed E-state index contributed by atoms with van der Waals surface area (Å²) in [7, 11) is -0.616. The summed E-state index contributed by atoms with van der Waals surface area (Å²) < 4.78 is 11.6. The molecule has 0 saturated heterocycles. The maximum Gasteiger partial charge on any atom is 0.0351 e. The molecule has 0 aliphatic carbocycles. The van der Waals surface area contributed by atoms with Crippen LogP contribution in [0.25, 0.3) is 0 Å². The average molecular weight is 236 g/mol. The number of hydrogen-bond acceptors (Lipinski definition) is 2. The van der Waals surface area contributed by atoms with Gasteiger partial charge in [0.05, 0.1) is 0 Å². The van der Waals surface area contributed by atoms with Crippen molar-refractivity contribution in [3.05, 3.63) is 0 Å². The van der Waals surface area contributed by atoms with Gasteiger partial charge in [0, 0.05) is 27.6 Å². The van der Waals surface area contributed by atoms with E-state index >= 15 is 0 Å². The fraction of sp³-hybridized carbons (Fsp3) is 1.00. The molecule has 0 N–H and O–H groups in total. The zero-order chi connectivity index (χ0) is 11.1. The molecule has 0 rings (SSSR count). The van der Waals surface area contributed by atoms with Crippen LogP contribution in [0.15, 0.2) is 0 Å². The first-order chi connectivity index (χ1) is 6.41. The van der Waals surface area contributed by atoms with Gasteiger partial charge in [0.1, 0.15) is 0 Å². The first-order valence-electron chi connectivity index (χ1n) is 5.38. The first kappa shape index (κ1) is 14.5. The van der Waals surface area contributed by atoms with Crippen LogP contribution in [0.2, 0.25) is 0 Å². The minimum Gasteiger partial charge on any atom is -0.260 e. The second kappa shape index (κ2) is 7.75. The van der Waals surface area contributed by atoms with Gasteiger partial charge in [-0.1, -0.05) is 34.6 Å². The zero-order valence-corrected chi connectivity index (χ0v) is 11.7. The van der Waals surface area contributed by atoms with Crippen molar-refractivity contribution in [1.82, 2.24) is 0 Å². The molecule has 2 unspecified atom stereocenters. The van der Waals surface area contributed by atoms with E-state index in [4.69, 9.17) is 0 Å². The van der Waals surface area contributed by atoms with E-state index < -0.39 is 10.8 Å². The Morgan fingerprint density at radius 2 is 1.57 bits per heavy atom. The Morgan fingerprint density at radius 1 is 1.00 bits per heavy atom. The average Bonchev–Trinajstić information content (AvgIpc) is 1.98. The molecule has 0 saturated carbocycles. The van der Waals surface area contributed by atoms with Crippen LogP contribution < -0.4 is 0 Å². The van der Waals surface area contributed by atoms with E-state index in [9.17, 15) is 4.21 Å². The Bertz CT molecular complexity index is 167. The van der Waals surface area contributed by atoms with E-state index in [-0.39, 0.29) is 0 Å². The largest absolute Gasteiger partial charge is 0.260 e. The molecule has 0 aliphatic rings. The summed E-state index contributed by atoms with van der Waals surface area (Å²) in [6.07, 6.45) is 0. The lowest BCUT2D eigenvalue weighted by molar-refractivity contribution is 0.664. The third-order valence-electron chi connectivity index (χ3n) is 1.65. The predicted molar refractivity (Wildman–Crippen MR) is 69.5 cm³/mol. The fourth-order valence-electron chi connectivity index (χ4n) is 1.11. The summed E-state index contributed by atoms with van der Waals surface area (Å²) in [5.74, 6) is 4.18. The maximum atomic E-state index is 11.6. The van der Waals surface area contributed by atoms with Crippen molar-refractivity contribution < 1.29 is 4.21 Å². The Morgan fingerprint density at radius 3 is 2.00 bits per heavy atom. The van der Waals surface area contributed by atoms with Crippen LogP contribution >= 0.6 is 11.8 Å². The lowest BCUT2D eigenvalue weighted by atomic mass is 10.3. The van der Waals surface area contributed by atoms with E-state index in [0.717, 1.165) is 17.4 Å². The molecule has 86 valence electrons. The van der Waals surface area contributed by atoms with Crippen LogP contribution in [0.4, 0.5) is 0 Å². The molecule has 0 heterocycles. The first-order valence-corrected chi connectivity index (χ1v) is 7.92. The molecule has 2 atom stereocenters. The minimum atomic E-state index is -0.616. The molecule has 1 nitrogen and oxygen atoms in total. The standard InChI is InChI=1S/C11H24OS2/c1-9(2)6-13-11(5)8-14(12)7-10(3)4/h9-11H,6-8H2,1-5H3. The van der Waals surface area contributed by atoms with Crippen molar-refractivity contribution in [3.8, 4) is 0 Å². The normalized spacial score (nSPS) is 16.2. The van der Waals surface area contributed by atoms with Crippen LogP contribution in [0.3, 0.4) is 0 Å². The smallest absolute Gasteiger partial charge is 0.0351 e. The van der Waals surface area contributed by atoms with Crippen molar-refractivity contribution in [2.24, 2.45) is 11.8 Å². The summed E-state index contributed by atoms with van der Waals surface area (Å²) >= 11 is 1.95. The molecule has 0 radical (unpaired) electrons. The topological polar surface area (TPSA) is 17.1 Å². The van der Waals surface area contributed by atoms with E-state index in [1.165, 1.54) is 5.75 Å². The molecule has 0 spiro atoms. The molecule has 0 amide bonds. The predicted octanol–water partition coefficient (Wildman–Crippen LogP) is 3.17. The summed E-state index contributed by atoms with van der Waals surface area (Å²) in [6.45, 7) is 10.9. The molecule has 0 aromatic rings. The van der Waals surface area contributed by atoms with Gasteiger partial charge in [0.15, 0.2) is 0 Å². The molecule has 0 aromatic heterocycles. The highest BCUT2D eigenvalue weighted by Crippen LogP contribution is 2.15. The summed E-state index contributed by atoms with van der Waals surface area (Å²) in [5, 5.41) is 0.539. The Balaban J connectivity index is 3.60. The highest BCUT2D eigenvalue weighted by Gasteiger charge is 2.10. The quantitative estimate of drug-likeness (QED) is 0.675. The van der Waals surface area contributed by atoms with Gasteiger partial charge in [-0.25, -0.2) is 0 Å². The van der Waals surface area contributed by atoms with Gasteiger partial charge < -0.3 is 0 Å². The van der Waals surface area contributed by atoms with Crippen molar-refractivity contribution in [1.29, 1.82) is 0 Å². The van der Waals surface area contributed by atoms with Gasteiger partial charge in [0.2, 0.25) is 0 Å². The van der Waals surface area contributed by atoms with E-state index in [1.807, 2.05) is 11.8 Å². The zero-order valence-electron chi connectivity index (χ0n) is 10.1. The number of rotatable bonds is 7. The Kier molecular flexibility index (Phi) is 8.02. The lowest BCUT2D eigenvalue weighted by Gasteiger charge is -2.13. The van der Waals surface area contributed by atoms with Crippen LogP contribution in [0, 0.1) is 11.8 Å². The third-order valence-corrected chi connectivity index (χ3v) is 5.37. The second-order valence-electron chi connectivity index (χ2n) is 4.70. The second-order valence-corrected chi connectivity index (χ2v) is 7.72. The molecule has 0 bridgehead atoms. The van der Waals surface area contributed by atoms with Crippen LogP contribution in [0.1, 0.15) is 34.6 Å². The molecule has 0 aliphatic heterocycles. The van der Waals surface area contributed by atoms with Gasteiger partial charge >= 0.3 is 0 Å². The van der Waals surface area contributed by atoms with Gasteiger partial charge in [-0.05, 0) is 17.6 Å². The number of hydrogen-bond donors (Lipinski definition) is 0. The van der Waals surface area contributed by atoms with Gasteiger partial charge in [-0.3, -0.25) is 4.21 Å². The van der Waals surface area contributed by atoms with Gasteiger partial charge in [-0.15, -0.1) is 0 Å². The van der Waals surface area contributed by atoms with Crippen LogP contribution in [0.5, 0.6) is 0 Å². The van der Waals surface area contributed by atoms with E-state index in [0.29, 0.717) is 11.2 Å². The van der Waals surface area contributed by atoms with E-state index in [2.05, 4.69) is 34.6 Å². The fourth-order valence-corrected chi connectivity index (χ4v) is 4.06. The van der Waals surface area contributed by atoms with Crippen LogP contribution in [-0.2, 0) is 10.8 Å². The summed E-state index contributed by atoms with van der Waals surface area (Å²) in [6, 6.07) is 0. The molecule has 0 aromatic carbocycles. The van der Waals surface area contributed by atoms with Gasteiger partial charge in [-0.2, -0.15) is 11.8 Å². The molecule has 3 heteroatoms. The van der Waals surface area contributed by atoms with Crippen molar-refractivity contribution in [2.45, 2.75) is 39.9 Å². The maximum absolute atomic E-state index is 11.6. The van der Waals surface area contributed by atoms with Crippen molar-refractivity contribution in [2.75, 3.05) is 17.3 Å². The minimum absolute atomic E-state index is 0.539. The van der Waals surface area contributed by atoms with Crippen molar-refractivity contribution >= 4 is 22.6 Å². The Labute approximate surface area is 95.9 Å².